The number of pyridine rings is 1. The van der Waals surface area contributed by atoms with Crippen molar-refractivity contribution in [3.05, 3.63) is 28.6 Å². The highest BCUT2D eigenvalue weighted by Crippen LogP contribution is 2.25. The van der Waals surface area contributed by atoms with Gasteiger partial charge in [0.15, 0.2) is 11.5 Å². The zero-order valence-electron chi connectivity index (χ0n) is 8.77. The van der Waals surface area contributed by atoms with E-state index in [-0.39, 0.29) is 0 Å². The number of nitrogens with zero attached hydrogens (tertiary/aromatic N) is 3. The van der Waals surface area contributed by atoms with Crippen molar-refractivity contribution in [2.75, 3.05) is 11.5 Å². The Labute approximate surface area is 107 Å². The molecule has 2 aromatic rings. The fourth-order valence-corrected chi connectivity index (χ4v) is 3.60. The van der Waals surface area contributed by atoms with Crippen molar-refractivity contribution in [2.24, 2.45) is 5.92 Å². The van der Waals surface area contributed by atoms with E-state index in [0.717, 1.165) is 28.3 Å². The van der Waals surface area contributed by atoms with E-state index in [2.05, 4.69) is 26.0 Å². The third-order valence-corrected chi connectivity index (χ3v) is 4.56. The Balaban J connectivity index is 1.86. The number of hydrogen-bond acceptors (Lipinski definition) is 3. The summed E-state index contributed by atoms with van der Waals surface area (Å²) in [6, 6.07) is 3.98. The van der Waals surface area contributed by atoms with Gasteiger partial charge in [0.2, 0.25) is 0 Å². The third kappa shape index (κ3) is 2.11. The van der Waals surface area contributed by atoms with E-state index in [1.165, 1.54) is 17.9 Å². The molecule has 84 valence electrons. The lowest BCUT2D eigenvalue weighted by Crippen LogP contribution is -2.04. The molecule has 2 aromatic heterocycles. The molecule has 16 heavy (non-hydrogen) atoms. The quantitative estimate of drug-likeness (QED) is 0.854. The van der Waals surface area contributed by atoms with Gasteiger partial charge in [-0.3, -0.25) is 0 Å². The Morgan fingerprint density at radius 2 is 2.50 bits per heavy atom. The highest BCUT2D eigenvalue weighted by molar-refractivity contribution is 9.10. The van der Waals surface area contributed by atoms with Gasteiger partial charge in [0.1, 0.15) is 0 Å². The molecule has 0 bridgehead atoms. The molecule has 1 aliphatic rings. The van der Waals surface area contributed by atoms with Crippen LogP contribution in [0.1, 0.15) is 12.2 Å². The van der Waals surface area contributed by atoms with Gasteiger partial charge in [-0.2, -0.15) is 16.9 Å². The van der Waals surface area contributed by atoms with Gasteiger partial charge in [0.05, 0.1) is 0 Å². The minimum Gasteiger partial charge on any atom is -0.221 e. The summed E-state index contributed by atoms with van der Waals surface area (Å²) in [4.78, 5) is 4.55. The Bertz CT molecular complexity index is 505. The first-order chi connectivity index (χ1) is 7.81. The Kier molecular flexibility index (Phi) is 2.90. The van der Waals surface area contributed by atoms with Gasteiger partial charge in [0, 0.05) is 17.1 Å². The third-order valence-electron chi connectivity index (χ3n) is 2.84. The fraction of sp³-hybridized carbons (Fsp3) is 0.455. The molecule has 0 amide bonds. The minimum absolute atomic E-state index is 0.769. The predicted molar refractivity (Wildman–Crippen MR) is 69.8 cm³/mol. The zero-order valence-corrected chi connectivity index (χ0v) is 11.2. The molecule has 0 aromatic carbocycles. The van der Waals surface area contributed by atoms with Crippen LogP contribution in [-0.4, -0.2) is 26.1 Å². The SMILES string of the molecule is Brc1ccn2nc(CC3CCSC3)nc2c1. The van der Waals surface area contributed by atoms with E-state index in [1.807, 2.05) is 34.6 Å². The first-order valence-electron chi connectivity index (χ1n) is 5.40. The lowest BCUT2D eigenvalue weighted by Gasteiger charge is -2.02. The van der Waals surface area contributed by atoms with Crippen molar-refractivity contribution in [1.82, 2.24) is 14.6 Å². The summed E-state index contributed by atoms with van der Waals surface area (Å²) in [6.07, 6.45) is 4.27. The second-order valence-corrected chi connectivity index (χ2v) is 6.18. The maximum Gasteiger partial charge on any atom is 0.156 e. The molecule has 1 aliphatic heterocycles. The second-order valence-electron chi connectivity index (χ2n) is 4.11. The molecule has 3 rings (SSSR count). The van der Waals surface area contributed by atoms with Crippen molar-refractivity contribution in [3.63, 3.8) is 0 Å². The number of hydrogen-bond donors (Lipinski definition) is 0. The lowest BCUT2D eigenvalue weighted by molar-refractivity contribution is 0.575. The van der Waals surface area contributed by atoms with E-state index < -0.39 is 0 Å². The Hall–Kier alpha value is -0.550. The van der Waals surface area contributed by atoms with Gasteiger partial charge >= 0.3 is 0 Å². The fourth-order valence-electron chi connectivity index (χ4n) is 1.99. The van der Waals surface area contributed by atoms with Crippen LogP contribution < -0.4 is 0 Å². The highest BCUT2D eigenvalue weighted by atomic mass is 79.9. The summed E-state index contributed by atoms with van der Waals surface area (Å²) >= 11 is 5.49. The predicted octanol–water partition coefficient (Wildman–Crippen LogP) is 2.79. The smallest absolute Gasteiger partial charge is 0.156 e. The molecule has 0 N–H and O–H groups in total. The van der Waals surface area contributed by atoms with Crippen molar-refractivity contribution < 1.29 is 0 Å². The van der Waals surface area contributed by atoms with Crippen LogP contribution in [0.15, 0.2) is 22.8 Å². The maximum atomic E-state index is 4.55. The number of halogens is 1. The van der Waals surface area contributed by atoms with Gasteiger partial charge in [-0.1, -0.05) is 15.9 Å². The van der Waals surface area contributed by atoms with E-state index in [1.54, 1.807) is 0 Å². The van der Waals surface area contributed by atoms with E-state index >= 15 is 0 Å². The van der Waals surface area contributed by atoms with Gasteiger partial charge in [0.25, 0.3) is 0 Å². The molecule has 3 nitrogen and oxygen atoms in total. The number of fused-ring (bicyclic) bond motifs is 1. The standard InChI is InChI=1S/C11H12BrN3S/c12-9-1-3-15-11(6-9)13-10(14-15)5-8-2-4-16-7-8/h1,3,6,8H,2,4-5,7H2. The van der Waals surface area contributed by atoms with Crippen LogP contribution in [0.3, 0.4) is 0 Å². The molecule has 0 radical (unpaired) electrons. The number of thioether (sulfide) groups is 1. The van der Waals surface area contributed by atoms with Crippen molar-refractivity contribution in [3.8, 4) is 0 Å². The largest absolute Gasteiger partial charge is 0.221 e. The van der Waals surface area contributed by atoms with Crippen LogP contribution in [0.2, 0.25) is 0 Å². The summed E-state index contributed by atoms with van der Waals surface area (Å²) in [5.41, 5.74) is 0.926. The first kappa shape index (κ1) is 10.6. The average molecular weight is 298 g/mol. The van der Waals surface area contributed by atoms with E-state index in [4.69, 9.17) is 0 Å². The molecule has 1 saturated heterocycles. The van der Waals surface area contributed by atoms with Crippen LogP contribution in [0.25, 0.3) is 5.65 Å². The van der Waals surface area contributed by atoms with Crippen LogP contribution in [0.5, 0.6) is 0 Å². The molecule has 0 spiro atoms. The summed E-state index contributed by atoms with van der Waals surface area (Å²) in [7, 11) is 0. The number of rotatable bonds is 2. The van der Waals surface area contributed by atoms with Crippen LogP contribution in [-0.2, 0) is 6.42 Å². The van der Waals surface area contributed by atoms with E-state index in [0.29, 0.717) is 0 Å². The normalized spacial score (nSPS) is 20.7. The van der Waals surface area contributed by atoms with Crippen LogP contribution in [0, 0.1) is 5.92 Å². The molecular weight excluding hydrogens is 286 g/mol. The van der Waals surface area contributed by atoms with Gasteiger partial charge in [-0.15, -0.1) is 0 Å². The van der Waals surface area contributed by atoms with Crippen LogP contribution >= 0.6 is 27.7 Å². The lowest BCUT2D eigenvalue weighted by atomic mass is 10.1. The Morgan fingerprint density at radius 1 is 1.56 bits per heavy atom. The molecule has 0 saturated carbocycles. The zero-order chi connectivity index (χ0) is 11.0. The topological polar surface area (TPSA) is 30.2 Å². The van der Waals surface area contributed by atoms with Crippen molar-refractivity contribution >= 4 is 33.3 Å². The van der Waals surface area contributed by atoms with Gasteiger partial charge in [-0.25, -0.2) is 9.50 Å². The molecule has 5 heteroatoms. The molecule has 0 aliphatic carbocycles. The minimum atomic E-state index is 0.769. The van der Waals surface area contributed by atoms with Crippen LogP contribution in [0.4, 0.5) is 0 Å². The molecule has 1 atom stereocenters. The average Bonchev–Trinajstić information content (AvgIpc) is 2.86. The molecule has 3 heterocycles. The summed E-state index contributed by atoms with van der Waals surface area (Å²) in [5, 5.41) is 4.49. The highest BCUT2D eigenvalue weighted by Gasteiger charge is 2.18. The second kappa shape index (κ2) is 4.37. The summed E-state index contributed by atoms with van der Waals surface area (Å²) < 4.78 is 2.90. The van der Waals surface area contributed by atoms with E-state index in [9.17, 15) is 0 Å². The summed E-state index contributed by atoms with van der Waals surface area (Å²) in [6.45, 7) is 0. The maximum absolute atomic E-state index is 4.55. The molecule has 1 fully saturated rings. The first-order valence-corrected chi connectivity index (χ1v) is 7.34. The molecule has 1 unspecified atom stereocenters. The van der Waals surface area contributed by atoms with Crippen molar-refractivity contribution in [1.29, 1.82) is 0 Å². The monoisotopic (exact) mass is 297 g/mol. The van der Waals surface area contributed by atoms with Gasteiger partial charge < -0.3 is 0 Å². The number of aromatic nitrogens is 3. The molecular formula is C11H12BrN3S. The Morgan fingerprint density at radius 3 is 3.31 bits per heavy atom. The summed E-state index contributed by atoms with van der Waals surface area (Å²) in [5.74, 6) is 4.31. The van der Waals surface area contributed by atoms with Crippen molar-refractivity contribution in [2.45, 2.75) is 12.8 Å². The van der Waals surface area contributed by atoms with Gasteiger partial charge in [-0.05, 0) is 36.0 Å².